The molecule has 10 heteroatoms. The minimum absolute atomic E-state index is 0.0496. The summed E-state index contributed by atoms with van der Waals surface area (Å²) < 4.78 is 31.3. The summed E-state index contributed by atoms with van der Waals surface area (Å²) in [7, 11) is -4.10. The molecule has 1 fully saturated rings. The number of furan rings is 1. The average molecular weight is 388 g/mol. The lowest BCUT2D eigenvalue weighted by Crippen LogP contribution is -2.46. The van der Waals surface area contributed by atoms with Crippen LogP contribution in [0.5, 0.6) is 0 Å². The number of carboxylic acids is 1. The molecule has 2 heterocycles. The van der Waals surface area contributed by atoms with Crippen molar-refractivity contribution in [1.82, 2.24) is 9.62 Å². The van der Waals surface area contributed by atoms with Crippen LogP contribution in [0.1, 0.15) is 43.7 Å². The molecular weight excluding hydrogens is 364 g/mol. The summed E-state index contributed by atoms with van der Waals surface area (Å²) in [4.78, 5) is 23.3. The Kier molecular flexibility index (Phi) is 6.43. The lowest BCUT2D eigenvalue weighted by Gasteiger charge is -2.23. The Morgan fingerprint density at radius 1 is 1.38 bits per heavy atom. The third-order valence-electron chi connectivity index (χ3n) is 4.23. The average Bonchev–Trinajstić information content (AvgIpc) is 3.21. The standard InChI is InChI=1S/C16H24N2O7S/c1-10(8-11(2)19)9-17-15(20)12-4-3-7-18(12)26(23,24)14-6-5-13(25-14)16(21)22/h5-6,10-12,19H,3-4,7-9H2,1-2H3,(H,17,20)(H,21,22). The van der Waals surface area contributed by atoms with Crippen LogP contribution in [-0.2, 0) is 14.8 Å². The predicted octanol–water partition coefficient (Wildman–Crippen LogP) is 0.654. The van der Waals surface area contributed by atoms with E-state index >= 15 is 0 Å². The molecule has 0 spiro atoms. The molecule has 3 N–H and O–H groups in total. The van der Waals surface area contributed by atoms with E-state index in [0.29, 0.717) is 25.8 Å². The monoisotopic (exact) mass is 388 g/mol. The summed E-state index contributed by atoms with van der Waals surface area (Å²) in [5.74, 6) is -2.20. The number of aliphatic hydroxyl groups excluding tert-OH is 1. The predicted molar refractivity (Wildman–Crippen MR) is 91.1 cm³/mol. The number of rotatable bonds is 8. The fraction of sp³-hybridized carbons (Fsp3) is 0.625. The minimum atomic E-state index is -4.10. The first kappa shape index (κ1) is 20.4. The van der Waals surface area contributed by atoms with Crippen molar-refractivity contribution < 1.29 is 32.6 Å². The quantitative estimate of drug-likeness (QED) is 0.595. The lowest BCUT2D eigenvalue weighted by atomic mass is 10.0. The van der Waals surface area contributed by atoms with Crippen LogP contribution in [0.15, 0.2) is 21.6 Å². The third-order valence-corrected chi connectivity index (χ3v) is 6.01. The van der Waals surface area contributed by atoms with Gasteiger partial charge in [-0.1, -0.05) is 6.92 Å². The summed E-state index contributed by atoms with van der Waals surface area (Å²) >= 11 is 0. The summed E-state index contributed by atoms with van der Waals surface area (Å²) in [6.45, 7) is 4.04. The van der Waals surface area contributed by atoms with Crippen molar-refractivity contribution in [2.45, 2.75) is 50.3 Å². The molecule has 0 aromatic carbocycles. The first-order valence-electron chi connectivity index (χ1n) is 8.43. The highest BCUT2D eigenvalue weighted by Crippen LogP contribution is 2.27. The van der Waals surface area contributed by atoms with Crippen LogP contribution in [0, 0.1) is 5.92 Å². The Bertz CT molecular complexity index is 756. The Hall–Kier alpha value is -1.91. The number of carbonyl (C=O) groups is 2. The highest BCUT2D eigenvalue weighted by molar-refractivity contribution is 7.89. The Morgan fingerprint density at radius 3 is 2.65 bits per heavy atom. The Labute approximate surface area is 152 Å². The Balaban J connectivity index is 2.08. The van der Waals surface area contributed by atoms with Crippen molar-refractivity contribution in [3.8, 4) is 0 Å². The lowest BCUT2D eigenvalue weighted by molar-refractivity contribution is -0.124. The number of carbonyl (C=O) groups excluding carboxylic acids is 1. The van der Waals surface area contributed by atoms with Gasteiger partial charge in [0.15, 0.2) is 0 Å². The van der Waals surface area contributed by atoms with Crippen LogP contribution in [-0.4, -0.2) is 60.0 Å². The molecule has 146 valence electrons. The number of aliphatic hydroxyl groups is 1. The number of carboxylic acid groups (broad SMARTS) is 1. The Morgan fingerprint density at radius 2 is 2.08 bits per heavy atom. The number of sulfonamides is 1. The van der Waals surface area contributed by atoms with Crippen molar-refractivity contribution >= 4 is 21.9 Å². The van der Waals surface area contributed by atoms with Crippen molar-refractivity contribution in [3.63, 3.8) is 0 Å². The van der Waals surface area contributed by atoms with Gasteiger partial charge in [-0.05, 0) is 44.2 Å². The molecule has 0 aliphatic carbocycles. The molecule has 1 saturated heterocycles. The first-order chi connectivity index (χ1) is 12.1. The van der Waals surface area contributed by atoms with E-state index in [-0.39, 0.29) is 12.5 Å². The maximum absolute atomic E-state index is 12.7. The van der Waals surface area contributed by atoms with E-state index in [1.54, 1.807) is 6.92 Å². The van der Waals surface area contributed by atoms with E-state index in [0.717, 1.165) is 16.4 Å². The van der Waals surface area contributed by atoms with Gasteiger partial charge in [0.2, 0.25) is 16.8 Å². The van der Waals surface area contributed by atoms with E-state index in [1.165, 1.54) is 0 Å². The van der Waals surface area contributed by atoms with Gasteiger partial charge in [-0.3, -0.25) is 4.79 Å². The SMILES string of the molecule is CC(O)CC(C)CNC(=O)C1CCCN1S(=O)(=O)c1ccc(C(=O)O)o1. The van der Waals surface area contributed by atoms with Crippen LogP contribution in [0.25, 0.3) is 0 Å². The van der Waals surface area contributed by atoms with Gasteiger partial charge in [0.25, 0.3) is 10.0 Å². The van der Waals surface area contributed by atoms with Crippen LogP contribution in [0.4, 0.5) is 0 Å². The second-order valence-electron chi connectivity index (χ2n) is 6.63. The van der Waals surface area contributed by atoms with E-state index in [2.05, 4.69) is 5.32 Å². The van der Waals surface area contributed by atoms with E-state index in [9.17, 15) is 23.1 Å². The van der Waals surface area contributed by atoms with Crippen LogP contribution < -0.4 is 5.32 Å². The molecule has 0 bridgehead atoms. The van der Waals surface area contributed by atoms with Gasteiger partial charge in [-0.25, -0.2) is 13.2 Å². The summed E-state index contributed by atoms with van der Waals surface area (Å²) in [5, 5.41) is 20.5. The van der Waals surface area contributed by atoms with Gasteiger partial charge in [0, 0.05) is 13.1 Å². The number of amides is 1. The van der Waals surface area contributed by atoms with Crippen LogP contribution in [0.3, 0.4) is 0 Å². The van der Waals surface area contributed by atoms with Gasteiger partial charge in [-0.2, -0.15) is 4.31 Å². The summed E-state index contributed by atoms with van der Waals surface area (Å²) in [6, 6.07) is 1.28. The molecular formula is C16H24N2O7S. The smallest absolute Gasteiger partial charge is 0.371 e. The number of nitrogens with zero attached hydrogens (tertiary/aromatic N) is 1. The molecule has 1 amide bonds. The molecule has 3 atom stereocenters. The summed E-state index contributed by atoms with van der Waals surface area (Å²) in [6.07, 6.45) is 0.944. The molecule has 26 heavy (non-hydrogen) atoms. The molecule has 3 unspecified atom stereocenters. The maximum Gasteiger partial charge on any atom is 0.371 e. The van der Waals surface area contributed by atoms with Crippen molar-refractivity contribution in [1.29, 1.82) is 0 Å². The number of aromatic carboxylic acids is 1. The second-order valence-corrected chi connectivity index (χ2v) is 8.45. The van der Waals surface area contributed by atoms with E-state index < -0.39 is 44.9 Å². The molecule has 1 aromatic heterocycles. The third kappa shape index (κ3) is 4.63. The normalized spacial score (nSPS) is 20.7. The van der Waals surface area contributed by atoms with E-state index in [4.69, 9.17) is 9.52 Å². The highest BCUT2D eigenvalue weighted by Gasteiger charge is 2.41. The topological polar surface area (TPSA) is 137 Å². The van der Waals surface area contributed by atoms with Gasteiger partial charge in [0.1, 0.15) is 6.04 Å². The van der Waals surface area contributed by atoms with Gasteiger partial charge in [0.05, 0.1) is 6.10 Å². The number of nitrogens with one attached hydrogen (secondary N) is 1. The van der Waals surface area contributed by atoms with Gasteiger partial charge in [-0.15, -0.1) is 0 Å². The maximum atomic E-state index is 12.7. The molecule has 0 saturated carbocycles. The van der Waals surface area contributed by atoms with Gasteiger partial charge >= 0.3 is 5.97 Å². The molecule has 1 aliphatic rings. The molecule has 1 aromatic rings. The zero-order valence-electron chi connectivity index (χ0n) is 14.7. The molecule has 2 rings (SSSR count). The molecule has 1 aliphatic heterocycles. The zero-order chi connectivity index (χ0) is 19.5. The number of hydrogen-bond acceptors (Lipinski definition) is 6. The second kappa shape index (κ2) is 8.19. The van der Waals surface area contributed by atoms with Crippen molar-refractivity contribution in [2.24, 2.45) is 5.92 Å². The van der Waals surface area contributed by atoms with E-state index in [1.807, 2.05) is 6.92 Å². The first-order valence-corrected chi connectivity index (χ1v) is 9.87. The largest absolute Gasteiger partial charge is 0.475 e. The van der Waals surface area contributed by atoms with Crippen molar-refractivity contribution in [3.05, 3.63) is 17.9 Å². The fourth-order valence-corrected chi connectivity index (χ4v) is 4.61. The zero-order valence-corrected chi connectivity index (χ0v) is 15.5. The molecule has 9 nitrogen and oxygen atoms in total. The van der Waals surface area contributed by atoms with Crippen molar-refractivity contribution in [2.75, 3.05) is 13.1 Å². The van der Waals surface area contributed by atoms with Crippen LogP contribution >= 0.6 is 0 Å². The fourth-order valence-electron chi connectivity index (χ4n) is 3.04. The summed E-state index contributed by atoms with van der Waals surface area (Å²) in [5.41, 5.74) is 0. The van der Waals surface area contributed by atoms with Gasteiger partial charge < -0.3 is 19.9 Å². The highest BCUT2D eigenvalue weighted by atomic mass is 32.2. The number of hydrogen-bond donors (Lipinski definition) is 3. The van der Waals surface area contributed by atoms with Crippen LogP contribution in [0.2, 0.25) is 0 Å². The molecule has 0 radical (unpaired) electrons. The minimum Gasteiger partial charge on any atom is -0.475 e.